The van der Waals surface area contributed by atoms with Gasteiger partial charge in [0.15, 0.2) is 0 Å². The summed E-state index contributed by atoms with van der Waals surface area (Å²) in [4.78, 5) is 0. The van der Waals surface area contributed by atoms with Gasteiger partial charge in [0.1, 0.15) is 0 Å². The molecule has 0 heterocycles. The van der Waals surface area contributed by atoms with Crippen molar-refractivity contribution in [2.45, 2.75) is 73.1 Å². The average Bonchev–Trinajstić information content (AvgIpc) is 2.67. The summed E-state index contributed by atoms with van der Waals surface area (Å²) in [7, 11) is 0. The summed E-state index contributed by atoms with van der Waals surface area (Å²) in [5.74, 6) is 1.94. The van der Waals surface area contributed by atoms with Gasteiger partial charge in [0.2, 0.25) is 0 Å². The van der Waals surface area contributed by atoms with Crippen molar-refractivity contribution in [1.82, 2.24) is 0 Å². The quantitative estimate of drug-likeness (QED) is 0.508. The third-order valence-corrected chi connectivity index (χ3v) is 5.02. The molecule has 0 radical (unpaired) electrons. The van der Waals surface area contributed by atoms with Gasteiger partial charge in [-0.05, 0) is 56.3 Å². The van der Waals surface area contributed by atoms with E-state index in [0.717, 1.165) is 11.8 Å². The molecule has 0 aliphatic heterocycles. The van der Waals surface area contributed by atoms with Crippen molar-refractivity contribution in [2.24, 2.45) is 17.3 Å². The zero-order valence-corrected chi connectivity index (χ0v) is 12.0. The minimum atomic E-state index is 0.662. The first-order chi connectivity index (χ1) is 7.72. The first kappa shape index (κ1) is 13.8. The molecule has 2 saturated carbocycles. The maximum absolute atomic E-state index is 2.56. The summed E-state index contributed by atoms with van der Waals surface area (Å²) in [5, 5.41) is 0. The molecule has 0 heteroatoms. The van der Waals surface area contributed by atoms with Crippen molar-refractivity contribution in [3.05, 3.63) is 11.6 Å². The molecule has 0 N–H and O–H groups in total. The summed E-state index contributed by atoms with van der Waals surface area (Å²) in [5.41, 5.74) is 2.43. The van der Waals surface area contributed by atoms with E-state index >= 15 is 0 Å². The van der Waals surface area contributed by atoms with Crippen molar-refractivity contribution in [1.29, 1.82) is 0 Å². The van der Waals surface area contributed by atoms with Crippen LogP contribution in [-0.2, 0) is 0 Å². The highest BCUT2D eigenvalue weighted by Crippen LogP contribution is 2.58. The van der Waals surface area contributed by atoms with Crippen LogP contribution < -0.4 is 0 Å². The Kier molecular flexibility index (Phi) is 5.08. The second-order valence-corrected chi connectivity index (χ2v) is 5.46. The van der Waals surface area contributed by atoms with Gasteiger partial charge in [0.25, 0.3) is 0 Å². The first-order valence-electron chi connectivity index (χ1n) is 7.37. The number of rotatable bonds is 1. The summed E-state index contributed by atoms with van der Waals surface area (Å²) < 4.78 is 0. The molecule has 0 aromatic rings. The van der Waals surface area contributed by atoms with Crippen molar-refractivity contribution >= 4 is 0 Å². The van der Waals surface area contributed by atoms with Gasteiger partial charge in [-0.1, -0.05) is 45.8 Å². The Bertz CT molecular complexity index is 238. The van der Waals surface area contributed by atoms with E-state index < -0.39 is 0 Å². The predicted octanol–water partition coefficient (Wildman–Crippen LogP) is 5.59. The van der Waals surface area contributed by atoms with E-state index in [9.17, 15) is 0 Å². The van der Waals surface area contributed by atoms with Crippen molar-refractivity contribution in [3.63, 3.8) is 0 Å². The topological polar surface area (TPSA) is 0 Å². The van der Waals surface area contributed by atoms with Gasteiger partial charge >= 0.3 is 0 Å². The van der Waals surface area contributed by atoms with Crippen LogP contribution in [0.1, 0.15) is 73.1 Å². The Morgan fingerprint density at radius 3 is 2.56 bits per heavy atom. The molecule has 0 nitrogen and oxygen atoms in total. The van der Waals surface area contributed by atoms with Crippen LogP contribution in [0.3, 0.4) is 0 Å². The zero-order chi connectivity index (χ0) is 12.2. The van der Waals surface area contributed by atoms with Gasteiger partial charge < -0.3 is 0 Å². The van der Waals surface area contributed by atoms with Gasteiger partial charge in [-0.3, -0.25) is 0 Å². The fourth-order valence-corrected chi connectivity index (χ4v) is 4.16. The van der Waals surface area contributed by atoms with Crippen molar-refractivity contribution < 1.29 is 0 Å². The Morgan fingerprint density at radius 2 is 2.00 bits per heavy atom. The third kappa shape index (κ3) is 2.21. The van der Waals surface area contributed by atoms with E-state index in [-0.39, 0.29) is 0 Å². The number of allylic oxidation sites excluding steroid dienone is 2. The lowest BCUT2D eigenvalue weighted by Gasteiger charge is -2.42. The maximum Gasteiger partial charge on any atom is -0.0147 e. The highest BCUT2D eigenvalue weighted by Gasteiger charge is 2.47. The predicted molar refractivity (Wildman–Crippen MR) is 73.6 cm³/mol. The van der Waals surface area contributed by atoms with Crippen LogP contribution in [0.5, 0.6) is 0 Å². The van der Waals surface area contributed by atoms with Crippen LogP contribution in [-0.4, -0.2) is 0 Å². The minimum Gasteiger partial charge on any atom is -0.0882 e. The van der Waals surface area contributed by atoms with Crippen LogP contribution in [0.25, 0.3) is 0 Å². The lowest BCUT2D eigenvalue weighted by atomic mass is 9.63. The molecule has 3 atom stereocenters. The average molecular weight is 222 g/mol. The fraction of sp³-hybridized carbons (Fsp3) is 0.875. The van der Waals surface area contributed by atoms with Crippen molar-refractivity contribution in [2.75, 3.05) is 0 Å². The maximum atomic E-state index is 2.56. The molecule has 0 aromatic carbocycles. The molecule has 2 aliphatic carbocycles. The molecule has 0 aromatic heterocycles. The van der Waals surface area contributed by atoms with E-state index in [4.69, 9.17) is 0 Å². The highest BCUT2D eigenvalue weighted by atomic mass is 14.5. The normalized spacial score (nSPS) is 40.2. The summed E-state index contributed by atoms with van der Waals surface area (Å²) in [6, 6.07) is 0. The number of hydrogen-bond donors (Lipinski definition) is 0. The van der Waals surface area contributed by atoms with E-state index in [1.54, 1.807) is 5.57 Å². The molecule has 2 aliphatic rings. The van der Waals surface area contributed by atoms with E-state index in [0.29, 0.717) is 5.41 Å². The fourth-order valence-electron chi connectivity index (χ4n) is 4.16. The largest absolute Gasteiger partial charge is 0.0882 e. The molecule has 0 bridgehead atoms. The third-order valence-electron chi connectivity index (χ3n) is 5.02. The Hall–Kier alpha value is -0.260. The highest BCUT2D eigenvalue weighted by molar-refractivity contribution is 5.17. The summed E-state index contributed by atoms with van der Waals surface area (Å²) >= 11 is 0. The van der Waals surface area contributed by atoms with Crippen LogP contribution >= 0.6 is 0 Å². The molecular formula is C16H30. The molecule has 2 fully saturated rings. The first-order valence-corrected chi connectivity index (χ1v) is 7.37. The Labute approximate surface area is 103 Å². The van der Waals surface area contributed by atoms with E-state index in [1.807, 2.05) is 13.8 Å². The molecule has 0 spiro atoms. The number of fused-ring (bicyclic) bond motifs is 1. The molecule has 0 saturated heterocycles. The van der Waals surface area contributed by atoms with Crippen LogP contribution in [0.15, 0.2) is 11.6 Å². The second kappa shape index (κ2) is 5.89. The summed E-state index contributed by atoms with van der Waals surface area (Å²) in [6.07, 6.45) is 11.0. The summed E-state index contributed by atoms with van der Waals surface area (Å²) in [6.45, 7) is 11.2. The van der Waals surface area contributed by atoms with Gasteiger partial charge in [-0.2, -0.15) is 0 Å². The Morgan fingerprint density at radius 1 is 1.31 bits per heavy atom. The van der Waals surface area contributed by atoms with Gasteiger partial charge in [-0.15, -0.1) is 0 Å². The molecule has 2 rings (SSSR count). The second-order valence-electron chi connectivity index (χ2n) is 5.46. The molecule has 2 unspecified atom stereocenters. The van der Waals surface area contributed by atoms with Gasteiger partial charge in [-0.25, -0.2) is 0 Å². The standard InChI is InChI=1S/C14H24.C2H6/c1-4-11-7-6-10-14(3)12(5-2)8-9-13(11)14;1-2/h4,12-13H,5-10H2,1-3H3;1-2H3/b11-4+;/t12?,13?,14-;/m1./s1. The van der Waals surface area contributed by atoms with Crippen molar-refractivity contribution in [3.8, 4) is 0 Å². The Balaban J connectivity index is 0.000000606. The van der Waals surface area contributed by atoms with Crippen LogP contribution in [0, 0.1) is 17.3 Å². The lowest BCUT2D eigenvalue weighted by Crippen LogP contribution is -2.32. The van der Waals surface area contributed by atoms with Crippen LogP contribution in [0.2, 0.25) is 0 Å². The lowest BCUT2D eigenvalue weighted by molar-refractivity contribution is 0.132. The SMILES string of the molecule is C/C=C1\CCC[C@]2(C)C(CC)CCC12.CC. The van der Waals surface area contributed by atoms with Crippen LogP contribution in [0.4, 0.5) is 0 Å². The molecule has 0 amide bonds. The van der Waals surface area contributed by atoms with Gasteiger partial charge in [0, 0.05) is 0 Å². The molecule has 16 heavy (non-hydrogen) atoms. The smallest absolute Gasteiger partial charge is 0.0147 e. The molecular weight excluding hydrogens is 192 g/mol. The van der Waals surface area contributed by atoms with E-state index in [2.05, 4.69) is 26.8 Å². The monoisotopic (exact) mass is 222 g/mol. The number of hydrogen-bond acceptors (Lipinski definition) is 0. The van der Waals surface area contributed by atoms with Gasteiger partial charge in [0.05, 0.1) is 0 Å². The van der Waals surface area contributed by atoms with E-state index in [1.165, 1.54) is 38.5 Å². The zero-order valence-electron chi connectivity index (χ0n) is 12.0. The molecule has 94 valence electrons. The minimum absolute atomic E-state index is 0.662.